The monoisotopic (exact) mass is 319 g/mol. The van der Waals surface area contributed by atoms with Crippen LogP contribution in [0.4, 0.5) is 5.13 Å². The van der Waals surface area contributed by atoms with Gasteiger partial charge >= 0.3 is 5.97 Å². The Morgan fingerprint density at radius 3 is 2.50 bits per heavy atom. The number of methoxy groups -OCH3 is 1. The van der Waals surface area contributed by atoms with Crippen LogP contribution >= 0.6 is 22.9 Å². The Balaban J connectivity index is 2.74. The molecule has 112 valence electrons. The number of ether oxygens (including phenoxy) is 1. The molecule has 1 amide bonds. The van der Waals surface area contributed by atoms with Crippen LogP contribution in [0.2, 0.25) is 5.15 Å². The van der Waals surface area contributed by atoms with Crippen LogP contribution in [-0.4, -0.2) is 35.6 Å². The predicted molar refractivity (Wildman–Crippen MR) is 79.4 cm³/mol. The maximum Gasteiger partial charge on any atom is 0.351 e. The van der Waals surface area contributed by atoms with E-state index in [0.29, 0.717) is 5.13 Å². The molecule has 8 heteroatoms. The summed E-state index contributed by atoms with van der Waals surface area (Å²) in [4.78, 5) is 27.5. The lowest BCUT2D eigenvalue weighted by molar-refractivity contribution is -0.122. The van der Waals surface area contributed by atoms with Crippen molar-refractivity contribution < 1.29 is 14.3 Å². The molecule has 0 aromatic carbocycles. The lowest BCUT2D eigenvalue weighted by Crippen LogP contribution is -2.47. The molecule has 1 atom stereocenters. The van der Waals surface area contributed by atoms with Crippen molar-refractivity contribution in [3.05, 3.63) is 10.0 Å². The lowest BCUT2D eigenvalue weighted by Gasteiger charge is -2.23. The molecule has 0 bridgehead atoms. The number of rotatable bonds is 4. The van der Waals surface area contributed by atoms with Crippen molar-refractivity contribution in [2.45, 2.75) is 39.3 Å². The molecule has 1 unspecified atom stereocenters. The molecule has 1 aromatic rings. The molecule has 0 saturated heterocycles. The maximum atomic E-state index is 11.9. The Bertz CT molecular complexity index is 511. The second kappa shape index (κ2) is 6.41. The molecule has 0 radical (unpaired) electrons. The highest BCUT2D eigenvalue weighted by Crippen LogP contribution is 2.27. The van der Waals surface area contributed by atoms with Gasteiger partial charge in [-0.15, -0.1) is 0 Å². The molecule has 2 N–H and O–H groups in total. The number of thiazole rings is 1. The van der Waals surface area contributed by atoms with Gasteiger partial charge in [-0.2, -0.15) is 0 Å². The van der Waals surface area contributed by atoms with Crippen molar-refractivity contribution in [1.82, 2.24) is 10.3 Å². The Morgan fingerprint density at radius 2 is 2.00 bits per heavy atom. The van der Waals surface area contributed by atoms with Gasteiger partial charge in [-0.05, 0) is 27.7 Å². The zero-order valence-corrected chi connectivity index (χ0v) is 13.6. The van der Waals surface area contributed by atoms with Gasteiger partial charge in [-0.3, -0.25) is 4.79 Å². The first kappa shape index (κ1) is 16.7. The molecule has 1 aromatic heterocycles. The number of nitrogens with zero attached hydrogens (tertiary/aromatic N) is 1. The summed E-state index contributed by atoms with van der Waals surface area (Å²) in [5.41, 5.74) is -0.315. The van der Waals surface area contributed by atoms with E-state index in [-0.39, 0.29) is 21.5 Å². The van der Waals surface area contributed by atoms with Gasteiger partial charge in [0, 0.05) is 5.54 Å². The quantitative estimate of drug-likeness (QED) is 0.832. The molecule has 0 fully saturated rings. The molecular formula is C12H18ClN3O3S. The van der Waals surface area contributed by atoms with Gasteiger partial charge in [0.05, 0.1) is 7.11 Å². The van der Waals surface area contributed by atoms with Crippen LogP contribution in [-0.2, 0) is 9.53 Å². The summed E-state index contributed by atoms with van der Waals surface area (Å²) in [6.07, 6.45) is 0. The molecule has 0 aliphatic rings. The average Bonchev–Trinajstić information content (AvgIpc) is 2.67. The highest BCUT2D eigenvalue weighted by atomic mass is 35.5. The van der Waals surface area contributed by atoms with Gasteiger partial charge < -0.3 is 15.4 Å². The number of aromatic nitrogens is 1. The van der Waals surface area contributed by atoms with Crippen molar-refractivity contribution in [2.24, 2.45) is 0 Å². The molecule has 1 heterocycles. The summed E-state index contributed by atoms with van der Waals surface area (Å²) >= 11 is 6.89. The van der Waals surface area contributed by atoms with E-state index in [9.17, 15) is 9.59 Å². The lowest BCUT2D eigenvalue weighted by atomic mass is 10.1. The van der Waals surface area contributed by atoms with Gasteiger partial charge in [0.15, 0.2) is 15.2 Å². The number of carbonyl (C=O) groups excluding carboxylic acids is 2. The molecule has 0 aliphatic heterocycles. The zero-order chi connectivity index (χ0) is 15.5. The first-order valence-electron chi connectivity index (χ1n) is 5.97. The highest BCUT2D eigenvalue weighted by Gasteiger charge is 2.22. The Kier molecular flexibility index (Phi) is 5.35. The summed E-state index contributed by atoms with van der Waals surface area (Å²) < 4.78 is 4.59. The minimum absolute atomic E-state index is 0.0628. The van der Waals surface area contributed by atoms with Crippen molar-refractivity contribution >= 4 is 39.9 Å². The van der Waals surface area contributed by atoms with Crippen molar-refractivity contribution in [2.75, 3.05) is 12.4 Å². The van der Waals surface area contributed by atoms with Crippen LogP contribution < -0.4 is 10.6 Å². The number of halogens is 1. The normalized spacial score (nSPS) is 12.7. The van der Waals surface area contributed by atoms with E-state index in [1.165, 1.54) is 7.11 Å². The van der Waals surface area contributed by atoms with Gasteiger partial charge in [0.1, 0.15) is 6.04 Å². The smallest absolute Gasteiger partial charge is 0.351 e. The van der Waals surface area contributed by atoms with Crippen LogP contribution in [0, 0.1) is 0 Å². The summed E-state index contributed by atoms with van der Waals surface area (Å²) in [5, 5.41) is 6.21. The van der Waals surface area contributed by atoms with Crippen LogP contribution in [0.3, 0.4) is 0 Å². The summed E-state index contributed by atoms with van der Waals surface area (Å²) in [6, 6.07) is -0.498. The fraction of sp³-hybridized carbons (Fsp3) is 0.583. The molecule has 0 saturated carbocycles. The third-order valence-electron chi connectivity index (χ3n) is 2.19. The summed E-state index contributed by atoms with van der Waals surface area (Å²) in [7, 11) is 1.27. The number of carbonyl (C=O) groups is 2. The van der Waals surface area contributed by atoms with Crippen LogP contribution in [0.1, 0.15) is 37.4 Å². The second-order valence-corrected chi connectivity index (χ2v) is 6.59. The Morgan fingerprint density at radius 1 is 1.40 bits per heavy atom. The van der Waals surface area contributed by atoms with Gasteiger partial charge in [-0.1, -0.05) is 22.9 Å². The van der Waals surface area contributed by atoms with E-state index >= 15 is 0 Å². The van der Waals surface area contributed by atoms with E-state index in [2.05, 4.69) is 20.4 Å². The fourth-order valence-corrected chi connectivity index (χ4v) is 2.50. The Hall–Kier alpha value is -1.34. The highest BCUT2D eigenvalue weighted by molar-refractivity contribution is 7.18. The first-order chi connectivity index (χ1) is 9.14. The van der Waals surface area contributed by atoms with Gasteiger partial charge in [-0.25, -0.2) is 9.78 Å². The number of anilines is 1. The van der Waals surface area contributed by atoms with E-state index in [0.717, 1.165) is 11.3 Å². The maximum absolute atomic E-state index is 11.9. The van der Waals surface area contributed by atoms with Crippen molar-refractivity contribution in [3.8, 4) is 0 Å². The van der Waals surface area contributed by atoms with E-state index < -0.39 is 12.0 Å². The molecule has 1 rings (SSSR count). The molecular weight excluding hydrogens is 302 g/mol. The molecule has 0 spiro atoms. The third-order valence-corrected chi connectivity index (χ3v) is 3.54. The minimum Gasteiger partial charge on any atom is -0.465 e. The number of nitrogens with one attached hydrogen (secondary N) is 2. The SMILES string of the molecule is COC(=O)c1sc(NC(C)C(=O)NC(C)(C)C)nc1Cl. The average molecular weight is 320 g/mol. The van der Waals surface area contributed by atoms with Gasteiger partial charge in [0.25, 0.3) is 0 Å². The fourth-order valence-electron chi connectivity index (χ4n) is 1.31. The minimum atomic E-state index is -0.549. The standard InChI is InChI=1S/C12H18ClN3O3S/c1-6(9(17)16-12(2,3)4)14-11-15-8(13)7(20-11)10(18)19-5/h6H,1-5H3,(H,14,15)(H,16,17). The number of hydrogen-bond donors (Lipinski definition) is 2. The molecule has 0 aliphatic carbocycles. The molecule has 20 heavy (non-hydrogen) atoms. The Labute approximate surface area is 126 Å². The largest absolute Gasteiger partial charge is 0.465 e. The van der Waals surface area contributed by atoms with Crippen LogP contribution in [0.15, 0.2) is 0 Å². The van der Waals surface area contributed by atoms with E-state index in [1.54, 1.807) is 6.92 Å². The van der Waals surface area contributed by atoms with Crippen molar-refractivity contribution in [3.63, 3.8) is 0 Å². The van der Waals surface area contributed by atoms with E-state index in [4.69, 9.17) is 11.6 Å². The third kappa shape index (κ3) is 4.64. The van der Waals surface area contributed by atoms with Crippen LogP contribution in [0.25, 0.3) is 0 Å². The first-order valence-corrected chi connectivity index (χ1v) is 7.16. The van der Waals surface area contributed by atoms with Crippen LogP contribution in [0.5, 0.6) is 0 Å². The topological polar surface area (TPSA) is 80.3 Å². The zero-order valence-electron chi connectivity index (χ0n) is 12.0. The summed E-state index contributed by atoms with van der Waals surface area (Å²) in [6.45, 7) is 7.39. The number of hydrogen-bond acceptors (Lipinski definition) is 6. The van der Waals surface area contributed by atoms with E-state index in [1.807, 2.05) is 20.8 Å². The molecule has 6 nitrogen and oxygen atoms in total. The van der Waals surface area contributed by atoms with Crippen molar-refractivity contribution in [1.29, 1.82) is 0 Å². The van der Waals surface area contributed by atoms with Gasteiger partial charge in [0.2, 0.25) is 5.91 Å². The number of esters is 1. The predicted octanol–water partition coefficient (Wildman–Crippen LogP) is 2.30. The summed E-state index contributed by atoms with van der Waals surface area (Å²) in [5.74, 6) is -0.712. The second-order valence-electron chi connectivity index (χ2n) is 5.24. The number of amides is 1.